The highest BCUT2D eigenvalue weighted by Gasteiger charge is 2.09. The van der Waals surface area contributed by atoms with Crippen LogP contribution in [0.4, 0.5) is 5.95 Å². The molecule has 6 heteroatoms. The topological polar surface area (TPSA) is 75.5 Å². The number of aromatic amines is 1. The Morgan fingerprint density at radius 2 is 2.67 bits per heavy atom. The number of hydrogen-bond donors (Lipinski definition) is 3. The summed E-state index contributed by atoms with van der Waals surface area (Å²) < 4.78 is 0. The molecule has 9 heavy (non-hydrogen) atoms. The molecule has 1 unspecified atom stereocenters. The number of hydrogen-bond acceptors (Lipinski definition) is 4. The fraction of sp³-hybridized carbons (Fsp3) is 0.333. The minimum Gasteiger partial charge on any atom is -0.208 e. The Kier molecular flexibility index (Phi) is 1.73. The Bertz CT molecular complexity index is 162. The SMILES string of the molecule is CO[NH+](O)c1ncn[nH]1. The fourth-order valence-electron chi connectivity index (χ4n) is 0.405. The van der Waals surface area contributed by atoms with Gasteiger partial charge in [0.25, 0.3) is 0 Å². The maximum atomic E-state index is 8.78. The lowest BCUT2D eigenvalue weighted by atomic mass is 11.1. The quantitative estimate of drug-likeness (QED) is 0.417. The Morgan fingerprint density at radius 3 is 3.11 bits per heavy atom. The lowest BCUT2D eigenvalue weighted by Gasteiger charge is -1.97. The summed E-state index contributed by atoms with van der Waals surface area (Å²) in [6.07, 6.45) is 1.28. The molecule has 0 aliphatic rings. The van der Waals surface area contributed by atoms with Crippen LogP contribution in [0.1, 0.15) is 0 Å². The Morgan fingerprint density at radius 1 is 1.89 bits per heavy atom. The molecule has 0 amide bonds. The van der Waals surface area contributed by atoms with Crippen molar-refractivity contribution in [3.8, 4) is 0 Å². The average Bonchev–Trinajstić information content (AvgIpc) is 2.37. The van der Waals surface area contributed by atoms with Crippen LogP contribution in [0.15, 0.2) is 6.33 Å². The summed E-state index contributed by atoms with van der Waals surface area (Å²) in [7, 11) is 1.35. The van der Waals surface area contributed by atoms with Crippen LogP contribution < -0.4 is 5.23 Å². The number of nitrogens with one attached hydrogen (secondary N) is 2. The van der Waals surface area contributed by atoms with Crippen LogP contribution in [0, 0.1) is 0 Å². The largest absolute Gasteiger partial charge is 0.390 e. The molecule has 0 radical (unpaired) electrons. The number of rotatable bonds is 2. The zero-order valence-electron chi connectivity index (χ0n) is 4.83. The molecule has 0 saturated heterocycles. The van der Waals surface area contributed by atoms with Gasteiger partial charge in [0.15, 0.2) is 0 Å². The van der Waals surface area contributed by atoms with Gasteiger partial charge in [-0.05, 0) is 0 Å². The fourth-order valence-corrected chi connectivity index (χ4v) is 0.405. The van der Waals surface area contributed by atoms with Crippen LogP contribution in [0.2, 0.25) is 0 Å². The number of H-pyrrole nitrogens is 1. The first kappa shape index (κ1) is 6.14. The summed E-state index contributed by atoms with van der Waals surface area (Å²) in [4.78, 5) is 8.04. The summed E-state index contributed by atoms with van der Waals surface area (Å²) in [5, 5.41) is 14.4. The van der Waals surface area contributed by atoms with Gasteiger partial charge in [0.1, 0.15) is 13.4 Å². The molecule has 0 aliphatic carbocycles. The van der Waals surface area contributed by atoms with Crippen molar-refractivity contribution in [3.05, 3.63) is 6.33 Å². The molecule has 0 bridgehead atoms. The van der Waals surface area contributed by atoms with E-state index in [9.17, 15) is 0 Å². The highest BCUT2D eigenvalue weighted by atomic mass is 16.9. The van der Waals surface area contributed by atoms with Crippen LogP contribution in [-0.2, 0) is 4.84 Å². The van der Waals surface area contributed by atoms with Crippen molar-refractivity contribution in [2.24, 2.45) is 0 Å². The second-order valence-corrected chi connectivity index (χ2v) is 1.34. The van der Waals surface area contributed by atoms with Crippen molar-refractivity contribution in [3.63, 3.8) is 0 Å². The van der Waals surface area contributed by atoms with E-state index in [1.807, 2.05) is 0 Å². The first-order valence-corrected chi connectivity index (χ1v) is 2.30. The van der Waals surface area contributed by atoms with Crippen molar-refractivity contribution in [2.45, 2.75) is 0 Å². The third-order valence-corrected chi connectivity index (χ3v) is 0.811. The van der Waals surface area contributed by atoms with E-state index in [1.54, 1.807) is 0 Å². The van der Waals surface area contributed by atoms with Crippen molar-refractivity contribution < 1.29 is 15.3 Å². The average molecular weight is 131 g/mol. The standard InChI is InChI=1S/C3H6N4O2/c1-9-7(8)3-4-2-5-6-3/h2,8H,1H3,(H,4,5,6)/p+1. The Labute approximate surface area is 51.0 Å². The summed E-state index contributed by atoms with van der Waals surface area (Å²) in [5.74, 6) is 0.234. The lowest BCUT2D eigenvalue weighted by molar-refractivity contribution is -1.19. The van der Waals surface area contributed by atoms with Gasteiger partial charge in [-0.15, -0.1) is 0 Å². The number of aromatic nitrogens is 3. The molecular weight excluding hydrogens is 124 g/mol. The maximum absolute atomic E-state index is 8.78. The normalized spacial score (nSPS) is 13.6. The van der Waals surface area contributed by atoms with Gasteiger partial charge in [0.05, 0.1) is 0 Å². The predicted molar refractivity (Wildman–Crippen MR) is 25.8 cm³/mol. The van der Waals surface area contributed by atoms with Crippen LogP contribution in [0.25, 0.3) is 0 Å². The monoisotopic (exact) mass is 131 g/mol. The van der Waals surface area contributed by atoms with E-state index in [0.717, 1.165) is 0 Å². The molecular formula is C3H7N4O2+. The van der Waals surface area contributed by atoms with Gasteiger partial charge in [-0.1, -0.05) is 0 Å². The third-order valence-electron chi connectivity index (χ3n) is 0.811. The molecule has 1 rings (SSSR count). The Balaban J connectivity index is 2.65. The first-order valence-electron chi connectivity index (χ1n) is 2.30. The smallest absolute Gasteiger partial charge is 0.208 e. The molecule has 50 valence electrons. The van der Waals surface area contributed by atoms with E-state index in [1.165, 1.54) is 13.4 Å². The maximum Gasteiger partial charge on any atom is 0.390 e. The Hall–Kier alpha value is -0.980. The molecule has 0 aliphatic heterocycles. The summed E-state index contributed by atoms with van der Waals surface area (Å²) in [6, 6.07) is 0. The summed E-state index contributed by atoms with van der Waals surface area (Å²) >= 11 is 0. The highest BCUT2D eigenvalue weighted by molar-refractivity contribution is 4.92. The van der Waals surface area contributed by atoms with Crippen LogP contribution in [-0.4, -0.2) is 27.5 Å². The second kappa shape index (κ2) is 2.53. The molecule has 1 aromatic rings. The zero-order chi connectivity index (χ0) is 6.69. The van der Waals surface area contributed by atoms with Gasteiger partial charge in [0.2, 0.25) is 0 Å². The van der Waals surface area contributed by atoms with Crippen LogP contribution in [0.3, 0.4) is 0 Å². The van der Waals surface area contributed by atoms with Crippen LogP contribution in [0.5, 0.6) is 0 Å². The molecule has 1 heterocycles. The molecule has 3 N–H and O–H groups in total. The minimum atomic E-state index is -0.257. The van der Waals surface area contributed by atoms with Gasteiger partial charge in [0, 0.05) is 5.23 Å². The van der Waals surface area contributed by atoms with Crippen molar-refractivity contribution in [1.82, 2.24) is 15.2 Å². The van der Waals surface area contributed by atoms with E-state index in [4.69, 9.17) is 5.21 Å². The molecule has 6 nitrogen and oxygen atoms in total. The van der Waals surface area contributed by atoms with Crippen molar-refractivity contribution in [2.75, 3.05) is 7.11 Å². The molecule has 1 atom stereocenters. The lowest BCUT2D eigenvalue weighted by Crippen LogP contribution is -3.03. The van der Waals surface area contributed by atoms with Gasteiger partial charge < -0.3 is 0 Å². The second-order valence-electron chi connectivity index (χ2n) is 1.34. The van der Waals surface area contributed by atoms with Crippen molar-refractivity contribution >= 4 is 5.95 Å². The van der Waals surface area contributed by atoms with E-state index < -0.39 is 0 Å². The summed E-state index contributed by atoms with van der Waals surface area (Å²) in [5.41, 5.74) is 0. The third kappa shape index (κ3) is 1.22. The van der Waals surface area contributed by atoms with E-state index >= 15 is 0 Å². The van der Waals surface area contributed by atoms with E-state index in [-0.39, 0.29) is 11.2 Å². The summed E-state index contributed by atoms with van der Waals surface area (Å²) in [6.45, 7) is 0. The molecule has 1 aromatic heterocycles. The van der Waals surface area contributed by atoms with Gasteiger partial charge >= 0.3 is 5.95 Å². The minimum absolute atomic E-state index is 0.234. The number of nitrogens with zero attached hydrogens (tertiary/aromatic N) is 2. The number of quaternary nitrogens is 1. The predicted octanol–water partition coefficient (Wildman–Crippen LogP) is -1.73. The first-order chi connectivity index (χ1) is 4.34. The van der Waals surface area contributed by atoms with Crippen LogP contribution >= 0.6 is 0 Å². The molecule has 0 fully saturated rings. The van der Waals surface area contributed by atoms with E-state index in [2.05, 4.69) is 20.0 Å². The molecule has 0 aromatic carbocycles. The van der Waals surface area contributed by atoms with Gasteiger partial charge in [-0.25, -0.2) is 5.10 Å². The zero-order valence-corrected chi connectivity index (χ0v) is 4.83. The van der Waals surface area contributed by atoms with E-state index in [0.29, 0.717) is 0 Å². The highest BCUT2D eigenvalue weighted by Crippen LogP contribution is 1.78. The molecule has 0 spiro atoms. The molecule has 0 saturated carbocycles. The van der Waals surface area contributed by atoms with Crippen molar-refractivity contribution in [1.29, 1.82) is 0 Å². The van der Waals surface area contributed by atoms with Gasteiger partial charge in [-0.3, -0.25) is 0 Å². The van der Waals surface area contributed by atoms with Gasteiger partial charge in [-0.2, -0.15) is 20.1 Å².